The largest absolute Gasteiger partial charge is 0.416 e. The van der Waals surface area contributed by atoms with E-state index in [1.165, 1.54) is 16.5 Å². The van der Waals surface area contributed by atoms with Gasteiger partial charge in [0.1, 0.15) is 0 Å². The fourth-order valence-electron chi connectivity index (χ4n) is 2.97. The van der Waals surface area contributed by atoms with Gasteiger partial charge >= 0.3 is 6.18 Å². The third kappa shape index (κ3) is 4.72. The Kier molecular flexibility index (Phi) is 5.61. The molecule has 1 heterocycles. The first-order valence-corrected chi connectivity index (χ1v) is 9.50. The lowest BCUT2D eigenvalue weighted by molar-refractivity contribution is -0.137. The normalized spacial score (nSPS) is 12.8. The van der Waals surface area contributed by atoms with Crippen molar-refractivity contribution >= 4 is 11.8 Å². The summed E-state index contributed by atoms with van der Waals surface area (Å²) in [6, 6.07) is 17.4. The predicted molar refractivity (Wildman–Crippen MR) is 105 cm³/mol. The standard InChI is InChI=1S/C22H20F3NS/c1-14-6-4-9-19(12-14)27-16(3)20-10-11-21(26-15(20)2)17-7-5-8-18(13-17)22(23,24)25/h4-13,16H,1-3H3. The number of pyridine rings is 1. The molecule has 0 spiro atoms. The number of aromatic nitrogens is 1. The lowest BCUT2D eigenvalue weighted by Crippen LogP contribution is -2.05. The number of nitrogens with zero attached hydrogens (tertiary/aromatic N) is 1. The molecule has 1 atom stereocenters. The highest BCUT2D eigenvalue weighted by Gasteiger charge is 2.30. The third-order valence-electron chi connectivity index (χ3n) is 4.35. The van der Waals surface area contributed by atoms with Crippen LogP contribution < -0.4 is 0 Å². The Labute approximate surface area is 161 Å². The summed E-state index contributed by atoms with van der Waals surface area (Å²) < 4.78 is 38.8. The molecule has 0 radical (unpaired) electrons. The maximum atomic E-state index is 12.9. The van der Waals surface area contributed by atoms with Gasteiger partial charge in [0, 0.05) is 21.4 Å². The van der Waals surface area contributed by atoms with Crippen LogP contribution in [0.15, 0.2) is 65.6 Å². The number of aryl methyl sites for hydroxylation is 2. The lowest BCUT2D eigenvalue weighted by Gasteiger charge is -2.15. The highest BCUT2D eigenvalue weighted by molar-refractivity contribution is 7.99. The molecular weight excluding hydrogens is 367 g/mol. The monoisotopic (exact) mass is 387 g/mol. The molecule has 0 aliphatic heterocycles. The van der Waals surface area contributed by atoms with Gasteiger partial charge in [0.25, 0.3) is 0 Å². The van der Waals surface area contributed by atoms with Crippen LogP contribution in [0.1, 0.15) is 34.6 Å². The first-order chi connectivity index (χ1) is 12.7. The van der Waals surface area contributed by atoms with Crippen LogP contribution in [0.5, 0.6) is 0 Å². The second-order valence-corrected chi connectivity index (χ2v) is 7.94. The minimum atomic E-state index is -4.36. The molecule has 0 N–H and O–H groups in total. The zero-order chi connectivity index (χ0) is 19.6. The number of hydrogen-bond donors (Lipinski definition) is 0. The minimum absolute atomic E-state index is 0.190. The van der Waals surface area contributed by atoms with E-state index in [1.807, 2.05) is 19.1 Å². The van der Waals surface area contributed by atoms with Crippen molar-refractivity contribution in [2.24, 2.45) is 0 Å². The van der Waals surface area contributed by atoms with E-state index >= 15 is 0 Å². The van der Waals surface area contributed by atoms with E-state index in [-0.39, 0.29) is 5.25 Å². The molecule has 140 valence electrons. The van der Waals surface area contributed by atoms with Crippen LogP contribution in [-0.2, 0) is 6.18 Å². The number of thioether (sulfide) groups is 1. The van der Waals surface area contributed by atoms with Gasteiger partial charge in [-0.3, -0.25) is 4.98 Å². The summed E-state index contributed by atoms with van der Waals surface area (Å²) >= 11 is 1.74. The zero-order valence-corrected chi connectivity index (χ0v) is 16.2. The van der Waals surface area contributed by atoms with Crippen molar-refractivity contribution < 1.29 is 13.2 Å². The first-order valence-electron chi connectivity index (χ1n) is 8.62. The van der Waals surface area contributed by atoms with E-state index in [2.05, 4.69) is 37.0 Å². The molecule has 27 heavy (non-hydrogen) atoms. The van der Waals surface area contributed by atoms with Gasteiger partial charge in [-0.15, -0.1) is 11.8 Å². The van der Waals surface area contributed by atoms with Crippen LogP contribution in [0.4, 0.5) is 13.2 Å². The summed E-state index contributed by atoms with van der Waals surface area (Å²) in [5.41, 5.74) is 3.48. The van der Waals surface area contributed by atoms with Gasteiger partial charge in [0.05, 0.1) is 11.3 Å². The van der Waals surface area contributed by atoms with Gasteiger partial charge in [-0.1, -0.05) is 35.9 Å². The van der Waals surface area contributed by atoms with Crippen LogP contribution in [0.25, 0.3) is 11.3 Å². The third-order valence-corrected chi connectivity index (χ3v) is 5.49. The van der Waals surface area contributed by atoms with Crippen molar-refractivity contribution in [1.82, 2.24) is 4.98 Å². The summed E-state index contributed by atoms with van der Waals surface area (Å²) in [6.07, 6.45) is -4.36. The van der Waals surface area contributed by atoms with Crippen LogP contribution in [0.3, 0.4) is 0 Å². The van der Waals surface area contributed by atoms with Gasteiger partial charge in [-0.25, -0.2) is 0 Å². The van der Waals surface area contributed by atoms with E-state index in [9.17, 15) is 13.2 Å². The number of alkyl halides is 3. The summed E-state index contributed by atoms with van der Waals surface area (Å²) in [5, 5.41) is 0.190. The van der Waals surface area contributed by atoms with Crippen LogP contribution in [0, 0.1) is 13.8 Å². The second-order valence-electron chi connectivity index (χ2n) is 6.53. The number of benzene rings is 2. The molecule has 3 rings (SSSR count). The molecule has 1 aromatic heterocycles. The van der Waals surface area contributed by atoms with E-state index < -0.39 is 11.7 Å². The van der Waals surface area contributed by atoms with Crippen molar-refractivity contribution in [3.8, 4) is 11.3 Å². The van der Waals surface area contributed by atoms with Crippen molar-refractivity contribution in [3.63, 3.8) is 0 Å². The van der Waals surface area contributed by atoms with E-state index in [4.69, 9.17) is 0 Å². The molecule has 0 saturated carbocycles. The highest BCUT2D eigenvalue weighted by Crippen LogP contribution is 2.37. The molecule has 1 unspecified atom stereocenters. The zero-order valence-electron chi connectivity index (χ0n) is 15.3. The van der Waals surface area contributed by atoms with E-state index in [0.717, 1.165) is 23.4 Å². The van der Waals surface area contributed by atoms with Crippen LogP contribution >= 0.6 is 11.8 Å². The van der Waals surface area contributed by atoms with Crippen molar-refractivity contribution in [1.29, 1.82) is 0 Å². The molecule has 0 bridgehead atoms. The Hall–Kier alpha value is -2.27. The number of hydrogen-bond acceptors (Lipinski definition) is 2. The minimum Gasteiger partial charge on any atom is -0.253 e. The van der Waals surface area contributed by atoms with Gasteiger partial charge in [0.2, 0.25) is 0 Å². The Morgan fingerprint density at radius 2 is 1.67 bits per heavy atom. The molecule has 0 amide bonds. The average molecular weight is 387 g/mol. The van der Waals surface area contributed by atoms with E-state index in [0.29, 0.717) is 11.3 Å². The van der Waals surface area contributed by atoms with Crippen molar-refractivity contribution in [3.05, 3.63) is 83.0 Å². The SMILES string of the molecule is Cc1cccc(SC(C)c2ccc(-c3cccc(C(F)(F)F)c3)nc2C)c1. The fraction of sp³-hybridized carbons (Fsp3) is 0.227. The van der Waals surface area contributed by atoms with E-state index in [1.54, 1.807) is 23.9 Å². The molecule has 0 fully saturated rings. The maximum Gasteiger partial charge on any atom is 0.416 e. The van der Waals surface area contributed by atoms with Gasteiger partial charge in [-0.2, -0.15) is 13.2 Å². The van der Waals surface area contributed by atoms with Gasteiger partial charge in [0.15, 0.2) is 0 Å². The second kappa shape index (κ2) is 7.77. The molecule has 1 nitrogen and oxygen atoms in total. The smallest absolute Gasteiger partial charge is 0.253 e. The number of halogens is 3. The topological polar surface area (TPSA) is 12.9 Å². The summed E-state index contributed by atoms with van der Waals surface area (Å²) in [6.45, 7) is 6.08. The lowest BCUT2D eigenvalue weighted by atomic mass is 10.0. The van der Waals surface area contributed by atoms with Gasteiger partial charge < -0.3 is 0 Å². The van der Waals surface area contributed by atoms with Crippen molar-refractivity contribution in [2.45, 2.75) is 37.1 Å². The summed E-state index contributed by atoms with van der Waals surface area (Å²) in [4.78, 5) is 5.75. The Morgan fingerprint density at radius 1 is 0.926 bits per heavy atom. The van der Waals surface area contributed by atoms with Crippen LogP contribution in [-0.4, -0.2) is 4.98 Å². The summed E-state index contributed by atoms with van der Waals surface area (Å²) in [5.74, 6) is 0. The molecule has 0 aliphatic rings. The molecule has 0 aliphatic carbocycles. The first kappa shape index (κ1) is 19.5. The molecule has 3 aromatic rings. The summed E-state index contributed by atoms with van der Waals surface area (Å²) in [7, 11) is 0. The van der Waals surface area contributed by atoms with Crippen molar-refractivity contribution in [2.75, 3.05) is 0 Å². The molecule has 0 saturated heterocycles. The maximum absolute atomic E-state index is 12.9. The Balaban J connectivity index is 1.85. The number of rotatable bonds is 4. The Morgan fingerprint density at radius 3 is 2.33 bits per heavy atom. The molecule has 5 heteroatoms. The predicted octanol–water partition coefficient (Wildman–Crippen LogP) is 7.24. The highest BCUT2D eigenvalue weighted by atomic mass is 32.2. The molecule has 2 aromatic carbocycles. The van der Waals surface area contributed by atoms with Crippen LogP contribution in [0.2, 0.25) is 0 Å². The fourth-order valence-corrected chi connectivity index (χ4v) is 4.17. The van der Waals surface area contributed by atoms with Gasteiger partial charge in [-0.05, 0) is 56.7 Å². The Bertz CT molecular complexity index is 950. The quantitative estimate of drug-likeness (QED) is 0.438. The average Bonchev–Trinajstić information content (AvgIpc) is 2.61. The molecular formula is C22H20F3NS.